The molecule has 0 radical (unpaired) electrons. The monoisotopic (exact) mass is 340 g/mol. The average Bonchev–Trinajstić information content (AvgIpc) is 2.37. The predicted molar refractivity (Wildman–Crippen MR) is 78.3 cm³/mol. The van der Waals surface area contributed by atoms with E-state index in [0.717, 1.165) is 11.1 Å². The van der Waals surface area contributed by atoms with Crippen molar-refractivity contribution in [1.82, 2.24) is 0 Å². The molecule has 0 amide bonds. The first-order valence-corrected chi connectivity index (χ1v) is 6.88. The van der Waals surface area contributed by atoms with Gasteiger partial charge in [0.1, 0.15) is 5.82 Å². The van der Waals surface area contributed by atoms with Gasteiger partial charge in [-0.05, 0) is 52.2 Å². The van der Waals surface area contributed by atoms with Gasteiger partial charge in [0.05, 0.1) is 9.50 Å². The minimum atomic E-state index is -0.343. The average molecular weight is 342 g/mol. The molecule has 2 rings (SSSR count). The molecule has 0 fully saturated rings. The van der Waals surface area contributed by atoms with Crippen molar-refractivity contribution in [2.24, 2.45) is 0 Å². The molecule has 2 aromatic rings. The van der Waals surface area contributed by atoms with Gasteiger partial charge in [0, 0.05) is 12.0 Å². The summed E-state index contributed by atoms with van der Waals surface area (Å²) in [6, 6.07) is 9.90. The highest BCUT2D eigenvalue weighted by Gasteiger charge is 2.13. The van der Waals surface area contributed by atoms with E-state index in [-0.39, 0.29) is 18.0 Å². The fourth-order valence-corrected chi connectivity index (χ4v) is 2.45. The molecule has 98 valence electrons. The van der Waals surface area contributed by atoms with Crippen molar-refractivity contribution in [1.29, 1.82) is 0 Å². The number of ketones is 1. The van der Waals surface area contributed by atoms with Crippen LogP contribution in [0.4, 0.5) is 4.39 Å². The lowest BCUT2D eigenvalue weighted by molar-refractivity contribution is 0.0993. The smallest absolute Gasteiger partial charge is 0.168 e. The molecule has 19 heavy (non-hydrogen) atoms. The Balaban J connectivity index is 2.26. The van der Waals surface area contributed by atoms with Gasteiger partial charge in [-0.1, -0.05) is 29.8 Å². The molecule has 0 saturated carbocycles. The zero-order valence-electron chi connectivity index (χ0n) is 10.2. The van der Waals surface area contributed by atoms with Crippen molar-refractivity contribution in [3.63, 3.8) is 0 Å². The van der Waals surface area contributed by atoms with Gasteiger partial charge in [0.15, 0.2) is 5.78 Å². The number of halogens is 3. The molecule has 0 spiro atoms. The Morgan fingerprint density at radius 2 is 2.05 bits per heavy atom. The fourth-order valence-electron chi connectivity index (χ4n) is 1.79. The van der Waals surface area contributed by atoms with Crippen LogP contribution < -0.4 is 0 Å². The second-order valence-electron chi connectivity index (χ2n) is 4.28. The summed E-state index contributed by atoms with van der Waals surface area (Å²) in [4.78, 5) is 12.2. The lowest BCUT2D eigenvalue weighted by atomic mass is 10.0. The maximum Gasteiger partial charge on any atom is 0.168 e. The number of carbonyl (C=O) groups excluding carboxylic acids is 1. The molecule has 0 aliphatic carbocycles. The minimum absolute atomic E-state index is 0.0767. The van der Waals surface area contributed by atoms with Crippen molar-refractivity contribution in [3.8, 4) is 0 Å². The first kappa shape index (κ1) is 14.2. The summed E-state index contributed by atoms with van der Waals surface area (Å²) in [5.74, 6) is -0.419. The van der Waals surface area contributed by atoms with Crippen molar-refractivity contribution >= 4 is 33.3 Å². The summed E-state index contributed by atoms with van der Waals surface area (Å²) >= 11 is 9.23. The lowest BCUT2D eigenvalue weighted by Crippen LogP contribution is -2.05. The molecule has 2 aromatic carbocycles. The van der Waals surface area contributed by atoms with Crippen LogP contribution >= 0.6 is 27.5 Å². The summed E-state index contributed by atoms with van der Waals surface area (Å²) in [5.41, 5.74) is 2.12. The second kappa shape index (κ2) is 5.85. The Morgan fingerprint density at radius 1 is 1.32 bits per heavy atom. The Bertz CT molecular complexity index is 640. The van der Waals surface area contributed by atoms with Gasteiger partial charge in [-0.15, -0.1) is 0 Å². The summed E-state index contributed by atoms with van der Waals surface area (Å²) in [6.07, 6.45) is 0.196. The quantitative estimate of drug-likeness (QED) is 0.720. The molecule has 0 aliphatic rings. The van der Waals surface area contributed by atoms with Crippen LogP contribution in [0.3, 0.4) is 0 Å². The van der Waals surface area contributed by atoms with Gasteiger partial charge < -0.3 is 0 Å². The Morgan fingerprint density at radius 3 is 2.74 bits per heavy atom. The van der Waals surface area contributed by atoms with Gasteiger partial charge in [0.2, 0.25) is 0 Å². The van der Waals surface area contributed by atoms with E-state index in [0.29, 0.717) is 15.1 Å². The van der Waals surface area contributed by atoms with E-state index >= 15 is 0 Å². The number of hydrogen-bond acceptors (Lipinski definition) is 1. The number of hydrogen-bond donors (Lipinski definition) is 0. The van der Waals surface area contributed by atoms with Crippen LogP contribution in [0.25, 0.3) is 0 Å². The molecule has 0 N–H and O–H groups in total. The Labute approximate surface area is 124 Å². The van der Waals surface area contributed by atoms with E-state index < -0.39 is 0 Å². The third-order valence-electron chi connectivity index (χ3n) is 2.84. The summed E-state index contributed by atoms with van der Waals surface area (Å²) in [7, 11) is 0. The predicted octanol–water partition coefficient (Wildman–Crippen LogP) is 4.98. The fraction of sp³-hybridized carbons (Fsp3) is 0.133. The van der Waals surface area contributed by atoms with Gasteiger partial charge in [-0.3, -0.25) is 4.79 Å². The van der Waals surface area contributed by atoms with E-state index in [2.05, 4.69) is 15.9 Å². The van der Waals surface area contributed by atoms with Crippen molar-refractivity contribution in [2.75, 3.05) is 0 Å². The molecular formula is C15H11BrClFO. The second-order valence-corrected chi connectivity index (χ2v) is 5.52. The highest BCUT2D eigenvalue weighted by Crippen LogP contribution is 2.23. The minimum Gasteiger partial charge on any atom is -0.294 e. The van der Waals surface area contributed by atoms with Crippen LogP contribution in [0.2, 0.25) is 5.02 Å². The standard InChI is InChI=1S/C15H11BrClFO/c1-9-3-2-4-11(15(9)17)14(19)8-10-5-6-13(18)12(16)7-10/h2-7H,8H2,1H3. The first-order valence-electron chi connectivity index (χ1n) is 5.71. The maximum absolute atomic E-state index is 13.1. The van der Waals surface area contributed by atoms with E-state index in [4.69, 9.17) is 11.6 Å². The van der Waals surface area contributed by atoms with Crippen molar-refractivity contribution in [2.45, 2.75) is 13.3 Å². The largest absolute Gasteiger partial charge is 0.294 e. The van der Waals surface area contributed by atoms with Crippen LogP contribution in [0.1, 0.15) is 21.5 Å². The molecule has 0 atom stereocenters. The number of benzene rings is 2. The van der Waals surface area contributed by atoms with Gasteiger partial charge in [-0.2, -0.15) is 0 Å². The van der Waals surface area contributed by atoms with Gasteiger partial charge >= 0.3 is 0 Å². The zero-order valence-corrected chi connectivity index (χ0v) is 12.6. The molecular weight excluding hydrogens is 331 g/mol. The van der Waals surface area contributed by atoms with Crippen LogP contribution in [-0.4, -0.2) is 5.78 Å². The lowest BCUT2D eigenvalue weighted by Gasteiger charge is -2.06. The van der Waals surface area contributed by atoms with Gasteiger partial charge in [-0.25, -0.2) is 4.39 Å². The van der Waals surface area contributed by atoms with Crippen LogP contribution in [0.5, 0.6) is 0 Å². The highest BCUT2D eigenvalue weighted by molar-refractivity contribution is 9.10. The van der Waals surface area contributed by atoms with E-state index in [1.807, 2.05) is 13.0 Å². The maximum atomic E-state index is 13.1. The highest BCUT2D eigenvalue weighted by atomic mass is 79.9. The number of aryl methyl sites for hydroxylation is 1. The van der Waals surface area contributed by atoms with E-state index in [1.165, 1.54) is 6.07 Å². The molecule has 0 unspecified atom stereocenters. The van der Waals surface area contributed by atoms with Gasteiger partial charge in [0.25, 0.3) is 0 Å². The van der Waals surface area contributed by atoms with Crippen LogP contribution in [0.15, 0.2) is 40.9 Å². The summed E-state index contributed by atoms with van der Waals surface area (Å²) < 4.78 is 13.5. The molecule has 0 aromatic heterocycles. The molecule has 0 heterocycles. The number of rotatable bonds is 3. The number of carbonyl (C=O) groups is 1. The topological polar surface area (TPSA) is 17.1 Å². The molecule has 0 saturated heterocycles. The Kier molecular flexibility index (Phi) is 4.38. The van der Waals surface area contributed by atoms with E-state index in [9.17, 15) is 9.18 Å². The molecule has 4 heteroatoms. The normalized spacial score (nSPS) is 10.5. The molecule has 1 nitrogen and oxygen atoms in total. The molecule has 0 aliphatic heterocycles. The SMILES string of the molecule is Cc1cccc(C(=O)Cc2ccc(F)c(Br)c2)c1Cl. The van der Waals surface area contributed by atoms with Crippen molar-refractivity contribution in [3.05, 3.63) is 68.4 Å². The molecule has 0 bridgehead atoms. The van der Waals surface area contributed by atoms with Crippen LogP contribution in [-0.2, 0) is 6.42 Å². The first-order chi connectivity index (χ1) is 8.99. The van der Waals surface area contributed by atoms with Crippen LogP contribution in [0, 0.1) is 12.7 Å². The van der Waals surface area contributed by atoms with Crippen molar-refractivity contribution < 1.29 is 9.18 Å². The summed E-state index contributed by atoms with van der Waals surface area (Å²) in [6.45, 7) is 1.85. The summed E-state index contributed by atoms with van der Waals surface area (Å²) in [5, 5.41) is 0.480. The van der Waals surface area contributed by atoms with E-state index in [1.54, 1.807) is 24.3 Å². The third-order valence-corrected chi connectivity index (χ3v) is 3.95. The number of Topliss-reactive ketones (excluding diaryl/α,β-unsaturated/α-hetero) is 1. The zero-order chi connectivity index (χ0) is 14.0. The third kappa shape index (κ3) is 3.23. The Hall–Kier alpha value is -1.19.